The number of carbonyl (C=O) groups is 1. The Morgan fingerprint density at radius 1 is 1.26 bits per heavy atom. The maximum atomic E-state index is 13.2. The summed E-state index contributed by atoms with van der Waals surface area (Å²) in [6, 6.07) is 7.46. The quantitative estimate of drug-likeness (QED) is 0.471. The minimum Gasteiger partial charge on any atom is -0.487 e. The van der Waals surface area contributed by atoms with Crippen molar-refractivity contribution in [1.29, 1.82) is 0 Å². The van der Waals surface area contributed by atoms with E-state index in [1.54, 1.807) is 17.6 Å². The highest BCUT2D eigenvalue weighted by Crippen LogP contribution is 2.41. The molecular formula is C23H20N2O6. The summed E-state index contributed by atoms with van der Waals surface area (Å²) in [6.45, 7) is 1.84. The molecule has 5 heterocycles. The fraction of sp³-hybridized carbons (Fsp3) is 0.348. The van der Waals surface area contributed by atoms with E-state index in [0.717, 1.165) is 27.8 Å². The number of rotatable bonds is 2. The zero-order valence-electron chi connectivity index (χ0n) is 16.8. The molecule has 1 aromatic carbocycles. The molecule has 0 amide bonds. The Bertz CT molecular complexity index is 1360. The summed E-state index contributed by atoms with van der Waals surface area (Å²) in [4.78, 5) is 30.3. The monoisotopic (exact) mass is 420 g/mol. The van der Waals surface area contributed by atoms with E-state index < -0.39 is 11.6 Å². The summed E-state index contributed by atoms with van der Waals surface area (Å²) in [5.41, 5.74) is 2.43. The first kappa shape index (κ1) is 18.5. The highest BCUT2D eigenvalue weighted by Gasteiger charge is 2.45. The second-order valence-electron chi connectivity index (χ2n) is 8.33. The predicted molar refractivity (Wildman–Crippen MR) is 110 cm³/mol. The van der Waals surface area contributed by atoms with Crippen molar-refractivity contribution < 1.29 is 24.5 Å². The van der Waals surface area contributed by atoms with E-state index in [9.17, 15) is 19.8 Å². The van der Waals surface area contributed by atoms with Crippen molar-refractivity contribution in [3.63, 3.8) is 0 Å². The van der Waals surface area contributed by atoms with Crippen LogP contribution in [0.1, 0.15) is 35.6 Å². The van der Waals surface area contributed by atoms with Gasteiger partial charge in [0.1, 0.15) is 18.5 Å². The number of aliphatic hydroxyl groups excluding tert-OH is 1. The minimum absolute atomic E-state index is 0.0535. The molecule has 2 aromatic heterocycles. The zero-order valence-corrected chi connectivity index (χ0v) is 16.8. The third-order valence-electron chi connectivity index (χ3n) is 6.69. The van der Waals surface area contributed by atoms with E-state index in [2.05, 4.69) is 0 Å². The Morgan fingerprint density at radius 2 is 2.10 bits per heavy atom. The molecule has 8 nitrogen and oxygen atoms in total. The molecule has 0 saturated carbocycles. The predicted octanol–water partition coefficient (Wildman–Crippen LogP) is 1.38. The van der Waals surface area contributed by atoms with Crippen molar-refractivity contribution >= 4 is 16.9 Å². The zero-order chi connectivity index (χ0) is 21.5. The van der Waals surface area contributed by atoms with Gasteiger partial charge in [0.2, 0.25) is 0 Å². The summed E-state index contributed by atoms with van der Waals surface area (Å²) >= 11 is 0. The van der Waals surface area contributed by atoms with Crippen molar-refractivity contribution in [1.82, 2.24) is 9.55 Å². The van der Waals surface area contributed by atoms with Crippen LogP contribution in [0.3, 0.4) is 0 Å². The third kappa shape index (κ3) is 2.34. The number of benzene rings is 1. The topological polar surface area (TPSA) is 111 Å². The number of carbonyl (C=O) groups excluding carboxylic acids is 1. The number of aliphatic hydroxyl groups is 2. The molecule has 3 aliphatic heterocycles. The van der Waals surface area contributed by atoms with Crippen LogP contribution in [0.15, 0.2) is 29.1 Å². The number of esters is 1. The number of cyclic esters (lactones) is 1. The Hall–Kier alpha value is -3.23. The lowest BCUT2D eigenvalue weighted by atomic mass is 9.86. The summed E-state index contributed by atoms with van der Waals surface area (Å²) in [6.07, 6.45) is 0.454. The Kier molecular flexibility index (Phi) is 3.68. The maximum absolute atomic E-state index is 13.2. The van der Waals surface area contributed by atoms with Gasteiger partial charge >= 0.3 is 5.97 Å². The molecule has 6 rings (SSSR count). The van der Waals surface area contributed by atoms with Gasteiger partial charge in [0.25, 0.3) is 5.56 Å². The lowest BCUT2D eigenvalue weighted by molar-refractivity contribution is -0.172. The molecule has 0 radical (unpaired) electrons. The van der Waals surface area contributed by atoms with Crippen LogP contribution < -0.4 is 10.3 Å². The van der Waals surface area contributed by atoms with Gasteiger partial charge in [0.05, 0.1) is 35.6 Å². The van der Waals surface area contributed by atoms with Gasteiger partial charge in [-0.15, -0.1) is 0 Å². The molecule has 0 spiro atoms. The van der Waals surface area contributed by atoms with Crippen LogP contribution in [0.4, 0.5) is 0 Å². The summed E-state index contributed by atoms with van der Waals surface area (Å²) in [5, 5.41) is 21.4. The van der Waals surface area contributed by atoms with Crippen LogP contribution in [-0.2, 0) is 34.7 Å². The molecule has 0 bridgehead atoms. The molecule has 0 saturated heterocycles. The van der Waals surface area contributed by atoms with Gasteiger partial charge in [-0.2, -0.15) is 0 Å². The second-order valence-corrected chi connectivity index (χ2v) is 8.33. The largest absolute Gasteiger partial charge is 0.487 e. The molecule has 3 aliphatic rings. The fourth-order valence-corrected chi connectivity index (χ4v) is 4.96. The third-order valence-corrected chi connectivity index (χ3v) is 6.69. The van der Waals surface area contributed by atoms with Gasteiger partial charge in [-0.25, -0.2) is 9.78 Å². The van der Waals surface area contributed by atoms with Crippen LogP contribution in [-0.4, -0.2) is 38.4 Å². The summed E-state index contributed by atoms with van der Waals surface area (Å²) in [7, 11) is 0. The van der Waals surface area contributed by atoms with Gasteiger partial charge in [-0.1, -0.05) is 6.92 Å². The van der Waals surface area contributed by atoms with Gasteiger partial charge < -0.3 is 24.3 Å². The molecule has 0 aliphatic carbocycles. The van der Waals surface area contributed by atoms with E-state index in [-0.39, 0.29) is 31.3 Å². The average Bonchev–Trinajstić information content (AvgIpc) is 3.36. The molecule has 31 heavy (non-hydrogen) atoms. The molecule has 2 N–H and O–H groups in total. The summed E-state index contributed by atoms with van der Waals surface area (Å²) in [5.74, 6) is 0.0191. The number of fused-ring (bicyclic) bond motifs is 7. The van der Waals surface area contributed by atoms with E-state index >= 15 is 0 Å². The first-order valence-electron chi connectivity index (χ1n) is 10.3. The second kappa shape index (κ2) is 6.15. The number of hydrogen-bond acceptors (Lipinski definition) is 7. The van der Waals surface area contributed by atoms with Crippen LogP contribution in [0, 0.1) is 0 Å². The van der Waals surface area contributed by atoms with Gasteiger partial charge in [0.15, 0.2) is 5.60 Å². The van der Waals surface area contributed by atoms with Crippen LogP contribution in [0.25, 0.3) is 22.3 Å². The first-order chi connectivity index (χ1) is 14.9. The molecule has 0 fully saturated rings. The SMILES string of the molecule is CC[C@@]1(O)C(=O)OCc2c1cc1n(c2=O)Cc2cc3c4c(ccc3nc2-1)OC(CO)C4. The van der Waals surface area contributed by atoms with E-state index in [1.807, 2.05) is 18.2 Å². The normalized spacial score (nSPS) is 23.1. The Labute approximate surface area is 176 Å². The molecule has 1 unspecified atom stereocenters. The molecule has 2 atom stereocenters. The highest BCUT2D eigenvalue weighted by atomic mass is 16.6. The molecule has 158 valence electrons. The smallest absolute Gasteiger partial charge is 0.343 e. The highest BCUT2D eigenvalue weighted by molar-refractivity contribution is 5.89. The maximum Gasteiger partial charge on any atom is 0.343 e. The standard InChI is InChI=1S/C23H20N2O6/c1-2-23(29)16-7-18-20-11(8-25(18)21(27)15(16)10-30-22(23)28)5-13-14-6-12(9-26)31-19(14)4-3-17(13)24-20/h3-5,7,12,26,29H,2,6,8-10H2,1H3/t12?,23-/m0/s1. The Balaban J connectivity index is 1.56. The molecular weight excluding hydrogens is 400 g/mol. The van der Waals surface area contributed by atoms with Crippen molar-refractivity contribution in [2.75, 3.05) is 6.61 Å². The van der Waals surface area contributed by atoms with Gasteiger partial charge in [-0.05, 0) is 30.7 Å². The van der Waals surface area contributed by atoms with E-state index in [0.29, 0.717) is 35.5 Å². The average molecular weight is 420 g/mol. The summed E-state index contributed by atoms with van der Waals surface area (Å²) < 4.78 is 12.5. The number of hydrogen-bond donors (Lipinski definition) is 2. The van der Waals surface area contributed by atoms with Crippen LogP contribution >= 0.6 is 0 Å². The van der Waals surface area contributed by atoms with Crippen LogP contribution in [0.5, 0.6) is 5.75 Å². The van der Waals surface area contributed by atoms with Crippen molar-refractivity contribution in [2.24, 2.45) is 0 Å². The van der Waals surface area contributed by atoms with Crippen molar-refractivity contribution in [3.05, 3.63) is 56.9 Å². The molecule has 3 aromatic rings. The van der Waals surface area contributed by atoms with Crippen molar-refractivity contribution in [3.8, 4) is 17.1 Å². The lowest BCUT2D eigenvalue weighted by Gasteiger charge is -2.31. The van der Waals surface area contributed by atoms with Crippen LogP contribution in [0.2, 0.25) is 0 Å². The lowest BCUT2D eigenvalue weighted by Crippen LogP contribution is -2.44. The van der Waals surface area contributed by atoms with Gasteiger partial charge in [-0.3, -0.25) is 4.79 Å². The van der Waals surface area contributed by atoms with Gasteiger partial charge in [0, 0.05) is 28.5 Å². The number of aromatic nitrogens is 2. The number of pyridine rings is 2. The minimum atomic E-state index is -1.83. The van der Waals surface area contributed by atoms with E-state index in [1.165, 1.54) is 0 Å². The van der Waals surface area contributed by atoms with Crippen molar-refractivity contribution in [2.45, 2.75) is 44.6 Å². The number of ether oxygens (including phenoxy) is 2. The Morgan fingerprint density at radius 3 is 2.87 bits per heavy atom. The first-order valence-corrected chi connectivity index (χ1v) is 10.3. The fourth-order valence-electron chi connectivity index (χ4n) is 4.96. The van der Waals surface area contributed by atoms with E-state index in [4.69, 9.17) is 14.5 Å². The molecule has 8 heteroatoms. The number of nitrogens with zero attached hydrogens (tertiary/aromatic N) is 2.